The van der Waals surface area contributed by atoms with Crippen molar-refractivity contribution in [3.63, 3.8) is 0 Å². The lowest BCUT2D eigenvalue weighted by atomic mass is 10.0. The predicted octanol–water partition coefficient (Wildman–Crippen LogP) is 17.3. The van der Waals surface area contributed by atoms with Gasteiger partial charge in [-0.25, -0.2) is 0 Å². The average Bonchev–Trinajstić information content (AvgIpc) is 3.28. The molecule has 2 unspecified atom stereocenters. The number of aliphatic hydroxyl groups is 2. The number of hydrogen-bond acceptors (Lipinski definition) is 5. The van der Waals surface area contributed by atoms with Crippen LogP contribution in [0.3, 0.4) is 0 Å². The lowest BCUT2D eigenvalue weighted by Crippen LogP contribution is -2.45. The molecule has 2 atom stereocenters. The summed E-state index contributed by atoms with van der Waals surface area (Å²) in [6.45, 7) is 4.89. The minimum atomic E-state index is -0.695. The van der Waals surface area contributed by atoms with Crippen LogP contribution in [0.25, 0.3) is 0 Å². The first-order valence-corrected chi connectivity index (χ1v) is 28.4. The van der Waals surface area contributed by atoms with E-state index in [1.54, 1.807) is 0 Å². The number of carbonyl (C=O) groups excluding carboxylic acids is 2. The second kappa shape index (κ2) is 53.2. The molecule has 63 heavy (non-hydrogen) atoms. The fourth-order valence-electron chi connectivity index (χ4n) is 8.94. The van der Waals surface area contributed by atoms with Crippen molar-refractivity contribution in [1.82, 2.24) is 5.32 Å². The topological polar surface area (TPSA) is 95.9 Å². The van der Waals surface area contributed by atoms with Gasteiger partial charge in [0.2, 0.25) is 5.91 Å². The Balaban J connectivity index is 3.50. The lowest BCUT2D eigenvalue weighted by molar-refractivity contribution is -0.143. The number of amides is 1. The zero-order valence-electron chi connectivity index (χ0n) is 42.6. The third-order valence-electron chi connectivity index (χ3n) is 13.3. The van der Waals surface area contributed by atoms with Crippen molar-refractivity contribution in [1.29, 1.82) is 0 Å². The van der Waals surface area contributed by atoms with Crippen LogP contribution < -0.4 is 5.32 Å². The quantitative estimate of drug-likeness (QED) is 0.0321. The number of unbranched alkanes of at least 4 members (excludes halogenated alkanes) is 40. The average molecular weight is 891 g/mol. The van der Waals surface area contributed by atoms with E-state index < -0.39 is 12.1 Å². The normalized spacial score (nSPS) is 12.6. The van der Waals surface area contributed by atoms with E-state index in [4.69, 9.17) is 4.74 Å². The summed E-state index contributed by atoms with van der Waals surface area (Å²) < 4.78 is 5.45. The van der Waals surface area contributed by atoms with Gasteiger partial charge in [-0.3, -0.25) is 9.59 Å². The van der Waals surface area contributed by atoms with E-state index in [2.05, 4.69) is 31.3 Å². The molecule has 0 fully saturated rings. The van der Waals surface area contributed by atoms with Gasteiger partial charge in [-0.2, -0.15) is 0 Å². The van der Waals surface area contributed by atoms with E-state index in [-0.39, 0.29) is 18.5 Å². The van der Waals surface area contributed by atoms with Crippen LogP contribution >= 0.6 is 0 Å². The molecule has 0 radical (unpaired) electrons. The van der Waals surface area contributed by atoms with Crippen molar-refractivity contribution in [2.24, 2.45) is 0 Å². The molecule has 0 aliphatic heterocycles. The lowest BCUT2D eigenvalue weighted by Gasteiger charge is -2.22. The molecule has 0 saturated heterocycles. The summed E-state index contributed by atoms with van der Waals surface area (Å²) in [5.74, 6) is -0.123. The molecule has 0 bridgehead atoms. The predicted molar refractivity (Wildman–Crippen MR) is 273 cm³/mol. The van der Waals surface area contributed by atoms with Crippen molar-refractivity contribution in [3.8, 4) is 0 Å². The summed E-state index contributed by atoms with van der Waals surface area (Å²) in [7, 11) is 0. The number of esters is 1. The summed E-state index contributed by atoms with van der Waals surface area (Å²) in [5.41, 5.74) is 0. The minimum absolute atomic E-state index is 0.0312. The van der Waals surface area contributed by atoms with Gasteiger partial charge < -0.3 is 20.3 Å². The Morgan fingerprint density at radius 2 is 0.762 bits per heavy atom. The van der Waals surface area contributed by atoms with E-state index in [1.165, 1.54) is 212 Å². The van der Waals surface area contributed by atoms with Gasteiger partial charge in [0.1, 0.15) is 0 Å². The second-order valence-corrected chi connectivity index (χ2v) is 19.6. The highest BCUT2D eigenvalue weighted by Gasteiger charge is 2.20. The van der Waals surface area contributed by atoms with E-state index in [1.807, 2.05) is 0 Å². The first kappa shape index (κ1) is 61.6. The van der Waals surface area contributed by atoms with Crippen LogP contribution in [0.1, 0.15) is 316 Å². The molecular weight excluding hydrogens is 779 g/mol. The van der Waals surface area contributed by atoms with Crippen LogP contribution in [0.2, 0.25) is 0 Å². The van der Waals surface area contributed by atoms with Crippen LogP contribution in [0, 0.1) is 0 Å². The number of carbonyl (C=O) groups is 2. The highest BCUT2D eigenvalue weighted by molar-refractivity contribution is 5.76. The maximum Gasteiger partial charge on any atom is 0.305 e. The first-order valence-electron chi connectivity index (χ1n) is 28.4. The van der Waals surface area contributed by atoms with Crippen LogP contribution in [0.5, 0.6) is 0 Å². The van der Waals surface area contributed by atoms with Crippen molar-refractivity contribution in [2.75, 3.05) is 13.2 Å². The summed E-state index contributed by atoms with van der Waals surface area (Å²) in [6.07, 6.45) is 62.1. The van der Waals surface area contributed by atoms with Gasteiger partial charge in [-0.05, 0) is 44.9 Å². The van der Waals surface area contributed by atoms with Gasteiger partial charge in [0.25, 0.3) is 0 Å². The Morgan fingerprint density at radius 3 is 1.16 bits per heavy atom. The Labute approximate surface area is 393 Å². The molecule has 0 spiro atoms. The van der Waals surface area contributed by atoms with Crippen LogP contribution in [-0.4, -0.2) is 47.4 Å². The molecule has 0 aliphatic carbocycles. The summed E-state index contributed by atoms with van der Waals surface area (Å²) in [4.78, 5) is 24.5. The maximum absolute atomic E-state index is 12.5. The number of hydrogen-bond donors (Lipinski definition) is 3. The van der Waals surface area contributed by atoms with E-state index in [0.717, 1.165) is 70.6 Å². The molecule has 1 amide bonds. The third-order valence-corrected chi connectivity index (χ3v) is 13.3. The zero-order chi connectivity index (χ0) is 45.8. The fraction of sp³-hybridized carbons (Fsp3) is 0.930. The van der Waals surface area contributed by atoms with E-state index in [0.29, 0.717) is 25.9 Å². The van der Waals surface area contributed by atoms with Crippen molar-refractivity contribution in [3.05, 3.63) is 12.2 Å². The van der Waals surface area contributed by atoms with Crippen molar-refractivity contribution >= 4 is 11.9 Å². The highest BCUT2D eigenvalue weighted by atomic mass is 16.5. The minimum Gasteiger partial charge on any atom is -0.466 e. The van der Waals surface area contributed by atoms with Gasteiger partial charge in [0.05, 0.1) is 25.4 Å². The Morgan fingerprint density at radius 1 is 0.429 bits per heavy atom. The molecule has 6 heteroatoms. The van der Waals surface area contributed by atoms with Crippen LogP contribution in [0.4, 0.5) is 0 Å². The molecule has 374 valence electrons. The SMILES string of the molecule is CCCCCCCCCCCCCCCCCCCCCCCC(O)C(CO)NC(=O)CCC/C=C\CCCCCCOC(=O)CCCCCCCCCCCCCCCCCC. The number of ether oxygens (including phenoxy) is 1. The molecule has 3 N–H and O–H groups in total. The molecule has 0 aliphatic rings. The fourth-order valence-corrected chi connectivity index (χ4v) is 8.94. The number of rotatable bonds is 53. The smallest absolute Gasteiger partial charge is 0.305 e. The van der Waals surface area contributed by atoms with Gasteiger partial charge >= 0.3 is 5.97 Å². The molecule has 0 aromatic heterocycles. The molecule has 0 saturated carbocycles. The molecule has 0 rings (SSSR count). The zero-order valence-corrected chi connectivity index (χ0v) is 42.6. The first-order chi connectivity index (χ1) is 31.0. The summed E-state index contributed by atoms with van der Waals surface area (Å²) >= 11 is 0. The Kier molecular flexibility index (Phi) is 52.0. The van der Waals surface area contributed by atoms with Gasteiger partial charge in [-0.15, -0.1) is 0 Å². The number of aliphatic hydroxyl groups excluding tert-OH is 2. The molecular formula is C57H111NO5. The largest absolute Gasteiger partial charge is 0.466 e. The Hall–Kier alpha value is -1.40. The van der Waals surface area contributed by atoms with Crippen molar-refractivity contribution < 1.29 is 24.5 Å². The molecule has 6 nitrogen and oxygen atoms in total. The number of allylic oxidation sites excluding steroid dienone is 2. The van der Waals surface area contributed by atoms with E-state index >= 15 is 0 Å². The van der Waals surface area contributed by atoms with Crippen LogP contribution in [0.15, 0.2) is 12.2 Å². The van der Waals surface area contributed by atoms with Gasteiger partial charge in [0.15, 0.2) is 0 Å². The number of nitrogens with one attached hydrogen (secondary N) is 1. The molecule has 0 aromatic carbocycles. The van der Waals surface area contributed by atoms with Crippen molar-refractivity contribution in [2.45, 2.75) is 328 Å². The van der Waals surface area contributed by atoms with E-state index in [9.17, 15) is 19.8 Å². The molecule has 0 heterocycles. The van der Waals surface area contributed by atoms with Crippen LogP contribution in [-0.2, 0) is 14.3 Å². The highest BCUT2D eigenvalue weighted by Crippen LogP contribution is 2.17. The monoisotopic (exact) mass is 890 g/mol. The standard InChI is InChI=1S/C57H111NO5/c1-3-5-7-9-11-13-15-17-19-21-22-23-24-25-26-28-30-33-37-41-45-49-55(60)54(53-59)58-56(61)50-46-42-38-34-32-36-40-44-48-52-63-57(62)51-47-43-39-35-31-29-27-20-18-16-14-12-10-8-6-4-2/h34,38,54-55,59-60H,3-33,35-37,39-53H2,1-2H3,(H,58,61)/b38-34-. The van der Waals surface area contributed by atoms with Gasteiger partial charge in [-0.1, -0.05) is 270 Å². The summed E-state index contributed by atoms with van der Waals surface area (Å²) in [5, 5.41) is 23.3. The Bertz CT molecular complexity index is 939. The third kappa shape index (κ3) is 49.9. The summed E-state index contributed by atoms with van der Waals surface area (Å²) in [6, 6.07) is -0.578. The maximum atomic E-state index is 12.5. The van der Waals surface area contributed by atoms with Gasteiger partial charge in [0, 0.05) is 12.8 Å². The molecule has 0 aromatic rings. The second-order valence-electron chi connectivity index (χ2n) is 19.6.